The van der Waals surface area contributed by atoms with Gasteiger partial charge in [0.1, 0.15) is 0 Å². The fourth-order valence-corrected chi connectivity index (χ4v) is 3.01. The quantitative estimate of drug-likeness (QED) is 0.893. The van der Waals surface area contributed by atoms with E-state index in [4.69, 9.17) is 0 Å². The van der Waals surface area contributed by atoms with Gasteiger partial charge in [-0.15, -0.1) is 11.3 Å². The van der Waals surface area contributed by atoms with Crippen LogP contribution in [0.15, 0.2) is 15.9 Å². The molecule has 1 aliphatic heterocycles. The summed E-state index contributed by atoms with van der Waals surface area (Å²) in [5, 5.41) is 8.21. The van der Waals surface area contributed by atoms with Gasteiger partial charge in [0.15, 0.2) is 0 Å². The predicted molar refractivity (Wildman–Crippen MR) is 65.4 cm³/mol. The molecule has 0 aliphatic carbocycles. The van der Waals surface area contributed by atoms with Crippen molar-refractivity contribution in [1.29, 1.82) is 0 Å². The third-order valence-electron chi connectivity index (χ3n) is 2.46. The highest BCUT2D eigenvalue weighted by molar-refractivity contribution is 9.10. The molecule has 1 fully saturated rings. The van der Waals surface area contributed by atoms with Crippen molar-refractivity contribution in [3.05, 3.63) is 20.8 Å². The minimum Gasteiger partial charge on any atom is -0.350 e. The fraction of sp³-hybridized carbons (Fsp3) is 0.500. The van der Waals surface area contributed by atoms with E-state index in [1.54, 1.807) is 0 Å². The highest BCUT2D eigenvalue weighted by Gasteiger charge is 2.15. The van der Waals surface area contributed by atoms with E-state index in [9.17, 15) is 4.79 Å². The first-order chi connectivity index (χ1) is 7.25. The monoisotopic (exact) mass is 288 g/mol. The van der Waals surface area contributed by atoms with Crippen LogP contribution in [0.1, 0.15) is 22.5 Å². The van der Waals surface area contributed by atoms with Gasteiger partial charge in [0.05, 0.1) is 4.88 Å². The smallest absolute Gasteiger partial charge is 0.261 e. The van der Waals surface area contributed by atoms with Crippen LogP contribution in [0.4, 0.5) is 0 Å². The molecule has 1 amide bonds. The zero-order valence-corrected chi connectivity index (χ0v) is 10.7. The molecule has 2 N–H and O–H groups in total. The van der Waals surface area contributed by atoms with Crippen molar-refractivity contribution in [2.24, 2.45) is 0 Å². The Morgan fingerprint density at radius 2 is 2.60 bits per heavy atom. The standard InChI is InChI=1S/C10H13BrN2OS/c11-7-4-9(15-6-7)10(14)13-5-8-2-1-3-12-8/h4,6,8,12H,1-3,5H2,(H,13,14). The van der Waals surface area contributed by atoms with Gasteiger partial charge >= 0.3 is 0 Å². The van der Waals surface area contributed by atoms with Crippen molar-refractivity contribution >= 4 is 33.2 Å². The molecule has 0 spiro atoms. The van der Waals surface area contributed by atoms with Gasteiger partial charge in [0.2, 0.25) is 0 Å². The van der Waals surface area contributed by atoms with E-state index >= 15 is 0 Å². The number of carbonyl (C=O) groups excluding carboxylic acids is 1. The molecule has 1 aromatic rings. The summed E-state index contributed by atoms with van der Waals surface area (Å²) in [4.78, 5) is 12.4. The van der Waals surface area contributed by atoms with Crippen molar-refractivity contribution in [2.75, 3.05) is 13.1 Å². The zero-order chi connectivity index (χ0) is 10.7. The summed E-state index contributed by atoms with van der Waals surface area (Å²) in [5.41, 5.74) is 0. The van der Waals surface area contributed by atoms with Crippen LogP contribution < -0.4 is 10.6 Å². The Morgan fingerprint density at radius 1 is 1.73 bits per heavy atom. The number of amides is 1. The van der Waals surface area contributed by atoms with Crippen LogP contribution in [0.25, 0.3) is 0 Å². The molecule has 0 saturated carbocycles. The second-order valence-electron chi connectivity index (χ2n) is 3.63. The lowest BCUT2D eigenvalue weighted by atomic mass is 10.2. The average molecular weight is 289 g/mol. The van der Waals surface area contributed by atoms with Gasteiger partial charge in [0.25, 0.3) is 5.91 Å². The summed E-state index contributed by atoms with van der Waals surface area (Å²) in [5.74, 6) is 0.0272. The molecule has 2 heterocycles. The molecule has 1 unspecified atom stereocenters. The van der Waals surface area contributed by atoms with E-state index < -0.39 is 0 Å². The minimum atomic E-state index is 0.0272. The van der Waals surface area contributed by atoms with Gasteiger partial charge in [0, 0.05) is 22.4 Å². The number of halogens is 1. The molecule has 1 atom stereocenters. The summed E-state index contributed by atoms with van der Waals surface area (Å²) in [6, 6.07) is 2.31. The van der Waals surface area contributed by atoms with E-state index in [1.165, 1.54) is 17.8 Å². The SMILES string of the molecule is O=C(NCC1CCCN1)c1cc(Br)cs1. The topological polar surface area (TPSA) is 41.1 Å². The Labute approximate surface area is 101 Å². The summed E-state index contributed by atoms with van der Waals surface area (Å²) < 4.78 is 0.969. The van der Waals surface area contributed by atoms with Gasteiger partial charge < -0.3 is 10.6 Å². The van der Waals surface area contributed by atoms with Crippen molar-refractivity contribution in [1.82, 2.24) is 10.6 Å². The van der Waals surface area contributed by atoms with Crippen molar-refractivity contribution in [3.63, 3.8) is 0 Å². The molecule has 2 rings (SSSR count). The number of nitrogens with one attached hydrogen (secondary N) is 2. The third-order valence-corrected chi connectivity index (χ3v) is 4.15. The lowest BCUT2D eigenvalue weighted by molar-refractivity contribution is 0.0954. The lowest BCUT2D eigenvalue weighted by Crippen LogP contribution is -2.36. The molecule has 82 valence electrons. The number of hydrogen-bond acceptors (Lipinski definition) is 3. The Balaban J connectivity index is 1.81. The minimum absolute atomic E-state index is 0.0272. The van der Waals surface area contributed by atoms with E-state index in [0.717, 1.165) is 28.9 Å². The second kappa shape index (κ2) is 5.09. The molecule has 0 bridgehead atoms. The Hall–Kier alpha value is -0.390. The molecular formula is C10H13BrN2OS. The molecule has 0 aromatic carbocycles. The molecular weight excluding hydrogens is 276 g/mol. The second-order valence-corrected chi connectivity index (χ2v) is 5.46. The summed E-state index contributed by atoms with van der Waals surface area (Å²) >= 11 is 4.80. The van der Waals surface area contributed by atoms with E-state index in [2.05, 4.69) is 26.6 Å². The van der Waals surface area contributed by atoms with Crippen LogP contribution in [-0.4, -0.2) is 25.0 Å². The van der Waals surface area contributed by atoms with E-state index in [1.807, 2.05) is 11.4 Å². The van der Waals surface area contributed by atoms with Crippen LogP contribution in [0.5, 0.6) is 0 Å². The fourth-order valence-electron chi connectivity index (χ4n) is 1.67. The molecule has 1 aromatic heterocycles. The maximum Gasteiger partial charge on any atom is 0.261 e. The van der Waals surface area contributed by atoms with Crippen LogP contribution in [0, 0.1) is 0 Å². The Bertz CT molecular complexity index is 347. The van der Waals surface area contributed by atoms with Gasteiger partial charge in [-0.3, -0.25) is 4.79 Å². The molecule has 0 radical (unpaired) electrons. The number of hydrogen-bond donors (Lipinski definition) is 2. The number of thiophene rings is 1. The van der Waals surface area contributed by atoms with Crippen LogP contribution in [0.3, 0.4) is 0 Å². The summed E-state index contributed by atoms with van der Waals surface area (Å²) in [6.07, 6.45) is 2.37. The maximum absolute atomic E-state index is 11.7. The first-order valence-electron chi connectivity index (χ1n) is 5.01. The number of carbonyl (C=O) groups is 1. The van der Waals surface area contributed by atoms with Gasteiger partial charge in [-0.1, -0.05) is 0 Å². The summed E-state index contributed by atoms with van der Waals surface area (Å²) in [6.45, 7) is 1.80. The van der Waals surface area contributed by atoms with E-state index in [-0.39, 0.29) is 5.91 Å². The highest BCUT2D eigenvalue weighted by Crippen LogP contribution is 2.19. The van der Waals surface area contributed by atoms with Crippen LogP contribution >= 0.6 is 27.3 Å². The lowest BCUT2D eigenvalue weighted by Gasteiger charge is -2.10. The van der Waals surface area contributed by atoms with Crippen LogP contribution in [0.2, 0.25) is 0 Å². The largest absolute Gasteiger partial charge is 0.350 e. The molecule has 3 nitrogen and oxygen atoms in total. The first-order valence-corrected chi connectivity index (χ1v) is 6.68. The summed E-state index contributed by atoms with van der Waals surface area (Å²) in [7, 11) is 0. The number of rotatable bonds is 3. The van der Waals surface area contributed by atoms with E-state index in [0.29, 0.717) is 6.04 Å². The molecule has 5 heteroatoms. The zero-order valence-electron chi connectivity index (χ0n) is 8.25. The predicted octanol–water partition coefficient (Wildman–Crippen LogP) is 1.99. The van der Waals surface area contributed by atoms with Gasteiger partial charge in [-0.25, -0.2) is 0 Å². The molecule has 1 aliphatic rings. The Kier molecular flexibility index (Phi) is 3.77. The first kappa shape index (κ1) is 11.1. The maximum atomic E-state index is 11.7. The highest BCUT2D eigenvalue weighted by atomic mass is 79.9. The van der Waals surface area contributed by atoms with Crippen molar-refractivity contribution in [3.8, 4) is 0 Å². The van der Waals surface area contributed by atoms with Crippen molar-refractivity contribution in [2.45, 2.75) is 18.9 Å². The van der Waals surface area contributed by atoms with Gasteiger partial charge in [-0.05, 0) is 41.4 Å². The normalized spacial score (nSPS) is 20.5. The van der Waals surface area contributed by atoms with Crippen LogP contribution in [-0.2, 0) is 0 Å². The van der Waals surface area contributed by atoms with Gasteiger partial charge in [-0.2, -0.15) is 0 Å². The molecule has 15 heavy (non-hydrogen) atoms. The average Bonchev–Trinajstić information content (AvgIpc) is 2.84. The third kappa shape index (κ3) is 3.03. The van der Waals surface area contributed by atoms with Crippen molar-refractivity contribution < 1.29 is 4.79 Å². The molecule has 1 saturated heterocycles. The Morgan fingerprint density at radius 3 is 3.20 bits per heavy atom.